The summed E-state index contributed by atoms with van der Waals surface area (Å²) in [5, 5.41) is 5.19. The summed E-state index contributed by atoms with van der Waals surface area (Å²) in [7, 11) is 0. The third-order valence-corrected chi connectivity index (χ3v) is 5.67. The Balaban J connectivity index is 1.73. The normalized spacial score (nSPS) is 15.8. The summed E-state index contributed by atoms with van der Waals surface area (Å²) in [5.41, 5.74) is 4.80. The molecule has 1 aliphatic heterocycles. The average molecular weight is 439 g/mol. The molecule has 0 amide bonds. The van der Waals surface area contributed by atoms with Crippen LogP contribution in [0.2, 0.25) is 0 Å². The number of carbonyl (C=O) groups excluding carboxylic acids is 1. The van der Waals surface area contributed by atoms with Crippen molar-refractivity contribution in [2.75, 3.05) is 5.32 Å². The van der Waals surface area contributed by atoms with Crippen molar-refractivity contribution in [3.05, 3.63) is 62.3 Å². The number of nitrogens with zero attached hydrogens (tertiary/aromatic N) is 3. The third-order valence-electron chi connectivity index (χ3n) is 5.08. The van der Waals surface area contributed by atoms with E-state index in [1.54, 1.807) is 26.3 Å². The number of benzene rings is 1. The topological polar surface area (TPSA) is 86.1 Å². The standard InChI is InChI=1S/C23H26N4O3S/c1-14-5-7-15(8-6-14)16-9-10-17-20(25-16)22(29)27(11-19(28)30-23(2,3)4)21(26-17)18-12-31-13-24-18/h5-8,12-13,16,25H,9-11H2,1-4H3/t16-/m0/s1. The molecule has 1 N–H and O–H groups in total. The molecule has 8 heteroatoms. The van der Waals surface area contributed by atoms with Crippen LogP contribution in [0.15, 0.2) is 40.0 Å². The molecule has 7 nitrogen and oxygen atoms in total. The summed E-state index contributed by atoms with van der Waals surface area (Å²) in [6.45, 7) is 7.22. The van der Waals surface area contributed by atoms with E-state index in [2.05, 4.69) is 34.6 Å². The van der Waals surface area contributed by atoms with Gasteiger partial charge in [0.2, 0.25) is 0 Å². The van der Waals surface area contributed by atoms with E-state index in [-0.39, 0.29) is 18.1 Å². The number of anilines is 1. The first-order valence-electron chi connectivity index (χ1n) is 10.3. The lowest BCUT2D eigenvalue weighted by atomic mass is 9.96. The number of nitrogens with one attached hydrogen (secondary N) is 1. The van der Waals surface area contributed by atoms with Crippen LogP contribution in [0.4, 0.5) is 5.69 Å². The van der Waals surface area contributed by atoms with Crippen LogP contribution in [0.3, 0.4) is 0 Å². The lowest BCUT2D eigenvalue weighted by Crippen LogP contribution is -2.35. The van der Waals surface area contributed by atoms with E-state index < -0.39 is 11.6 Å². The van der Waals surface area contributed by atoms with Crippen molar-refractivity contribution in [3.8, 4) is 11.5 Å². The van der Waals surface area contributed by atoms with Crippen LogP contribution in [-0.4, -0.2) is 26.1 Å². The van der Waals surface area contributed by atoms with Crippen LogP contribution >= 0.6 is 11.3 Å². The quantitative estimate of drug-likeness (QED) is 0.617. The SMILES string of the molecule is Cc1ccc([C@@H]2CCc3nc(-c4cscn4)n(CC(=O)OC(C)(C)C)c(=O)c3N2)cc1. The Bertz CT molecular complexity index is 1150. The molecule has 31 heavy (non-hydrogen) atoms. The van der Waals surface area contributed by atoms with Crippen LogP contribution in [-0.2, 0) is 22.5 Å². The predicted octanol–water partition coefficient (Wildman–Crippen LogP) is 4.12. The second-order valence-corrected chi connectivity index (χ2v) is 9.47. The number of rotatable bonds is 4. The molecule has 4 rings (SSSR count). The van der Waals surface area contributed by atoms with Gasteiger partial charge in [0.05, 0.1) is 17.2 Å². The summed E-state index contributed by atoms with van der Waals surface area (Å²) >= 11 is 1.42. The smallest absolute Gasteiger partial charge is 0.326 e. The Morgan fingerprint density at radius 3 is 2.68 bits per heavy atom. The van der Waals surface area contributed by atoms with Gasteiger partial charge in [-0.2, -0.15) is 0 Å². The van der Waals surface area contributed by atoms with Crippen molar-refractivity contribution in [1.82, 2.24) is 14.5 Å². The average Bonchev–Trinajstić information content (AvgIpc) is 3.23. The molecule has 0 bridgehead atoms. The molecule has 1 atom stereocenters. The minimum Gasteiger partial charge on any atom is -0.459 e. The summed E-state index contributed by atoms with van der Waals surface area (Å²) in [6.07, 6.45) is 1.50. The molecule has 3 heterocycles. The lowest BCUT2D eigenvalue weighted by molar-refractivity contribution is -0.155. The van der Waals surface area contributed by atoms with Gasteiger partial charge in [0, 0.05) is 5.38 Å². The maximum Gasteiger partial charge on any atom is 0.326 e. The van der Waals surface area contributed by atoms with E-state index in [9.17, 15) is 9.59 Å². The molecule has 162 valence electrons. The van der Waals surface area contributed by atoms with Crippen molar-refractivity contribution in [2.45, 2.75) is 58.7 Å². The van der Waals surface area contributed by atoms with Gasteiger partial charge >= 0.3 is 5.97 Å². The summed E-state index contributed by atoms with van der Waals surface area (Å²) in [4.78, 5) is 35.1. The van der Waals surface area contributed by atoms with Gasteiger partial charge in [-0.3, -0.25) is 14.2 Å². The molecule has 0 unspecified atom stereocenters. The number of hydrogen-bond donors (Lipinski definition) is 1. The highest BCUT2D eigenvalue weighted by Gasteiger charge is 2.27. The van der Waals surface area contributed by atoms with Crippen LogP contribution in [0.25, 0.3) is 11.5 Å². The van der Waals surface area contributed by atoms with Gasteiger partial charge in [-0.05, 0) is 46.1 Å². The molecule has 3 aromatic rings. The van der Waals surface area contributed by atoms with Crippen molar-refractivity contribution in [2.24, 2.45) is 0 Å². The molecular formula is C23H26N4O3S. The summed E-state index contributed by atoms with van der Waals surface area (Å²) in [6, 6.07) is 8.30. The highest BCUT2D eigenvalue weighted by atomic mass is 32.1. The fraction of sp³-hybridized carbons (Fsp3) is 0.391. The second-order valence-electron chi connectivity index (χ2n) is 8.75. The highest BCUT2D eigenvalue weighted by molar-refractivity contribution is 7.07. The Morgan fingerprint density at radius 2 is 2.03 bits per heavy atom. The van der Waals surface area contributed by atoms with Crippen LogP contribution < -0.4 is 10.9 Å². The van der Waals surface area contributed by atoms with E-state index in [1.807, 2.05) is 12.3 Å². The maximum atomic E-state index is 13.5. The lowest BCUT2D eigenvalue weighted by Gasteiger charge is -2.28. The zero-order valence-corrected chi connectivity index (χ0v) is 19.0. The first-order valence-corrected chi connectivity index (χ1v) is 11.2. The van der Waals surface area contributed by atoms with Crippen molar-refractivity contribution in [3.63, 3.8) is 0 Å². The van der Waals surface area contributed by atoms with Gasteiger partial charge in [0.1, 0.15) is 23.5 Å². The first-order chi connectivity index (χ1) is 14.7. The fourth-order valence-corrected chi connectivity index (χ4v) is 4.20. The molecule has 0 aliphatic carbocycles. The number of ether oxygens (including phenoxy) is 1. The number of hydrogen-bond acceptors (Lipinski definition) is 7. The van der Waals surface area contributed by atoms with E-state index in [0.717, 1.165) is 12.0 Å². The molecule has 0 radical (unpaired) electrons. The monoisotopic (exact) mass is 438 g/mol. The van der Waals surface area contributed by atoms with Crippen LogP contribution in [0.5, 0.6) is 0 Å². The second kappa shape index (κ2) is 8.26. The molecule has 0 saturated carbocycles. The Morgan fingerprint density at radius 1 is 1.29 bits per heavy atom. The molecule has 0 saturated heterocycles. The summed E-state index contributed by atoms with van der Waals surface area (Å²) in [5.74, 6) is -0.0924. The molecule has 0 fully saturated rings. The fourth-order valence-electron chi connectivity index (χ4n) is 3.67. The van der Waals surface area contributed by atoms with Gasteiger partial charge < -0.3 is 10.1 Å². The van der Waals surface area contributed by atoms with Gasteiger partial charge in [-0.1, -0.05) is 29.8 Å². The van der Waals surface area contributed by atoms with E-state index >= 15 is 0 Å². The first kappa shape index (κ1) is 21.2. The maximum absolute atomic E-state index is 13.5. The van der Waals surface area contributed by atoms with Gasteiger partial charge in [-0.25, -0.2) is 9.97 Å². The Hall–Kier alpha value is -3.00. The van der Waals surface area contributed by atoms with Crippen molar-refractivity contribution < 1.29 is 9.53 Å². The predicted molar refractivity (Wildman–Crippen MR) is 121 cm³/mol. The highest BCUT2D eigenvalue weighted by Crippen LogP contribution is 2.31. The Labute approximate surface area is 185 Å². The number of thiazole rings is 1. The molecule has 2 aromatic heterocycles. The largest absolute Gasteiger partial charge is 0.459 e. The van der Waals surface area contributed by atoms with E-state index in [4.69, 9.17) is 9.72 Å². The zero-order valence-electron chi connectivity index (χ0n) is 18.1. The van der Waals surface area contributed by atoms with Gasteiger partial charge in [0.15, 0.2) is 5.82 Å². The van der Waals surface area contributed by atoms with Crippen LogP contribution in [0.1, 0.15) is 50.1 Å². The number of carbonyl (C=O) groups is 1. The number of aromatic nitrogens is 3. The molecule has 1 aromatic carbocycles. The minimum atomic E-state index is -0.641. The molecular weight excluding hydrogens is 412 g/mol. The number of fused-ring (bicyclic) bond motifs is 1. The van der Waals surface area contributed by atoms with Crippen LogP contribution in [0, 0.1) is 6.92 Å². The van der Waals surface area contributed by atoms with Gasteiger partial charge in [0.25, 0.3) is 5.56 Å². The van der Waals surface area contributed by atoms with Crippen molar-refractivity contribution >= 4 is 23.0 Å². The van der Waals surface area contributed by atoms with E-state index in [1.165, 1.54) is 21.5 Å². The minimum absolute atomic E-state index is 0.0164. The number of aryl methyl sites for hydroxylation is 2. The third kappa shape index (κ3) is 4.69. The van der Waals surface area contributed by atoms with Gasteiger partial charge in [-0.15, -0.1) is 11.3 Å². The summed E-state index contributed by atoms with van der Waals surface area (Å²) < 4.78 is 6.82. The van der Waals surface area contributed by atoms with E-state index in [0.29, 0.717) is 29.3 Å². The molecule has 0 spiro atoms. The van der Waals surface area contributed by atoms with Crippen molar-refractivity contribution in [1.29, 1.82) is 0 Å². The zero-order chi connectivity index (χ0) is 22.2. The molecule has 1 aliphatic rings. The number of esters is 1. The Kier molecular flexibility index (Phi) is 5.66.